The molecule has 0 spiro atoms. The van der Waals surface area contributed by atoms with Crippen LogP contribution >= 0.6 is 12.4 Å². The van der Waals surface area contributed by atoms with Gasteiger partial charge in [0.15, 0.2) is 0 Å². The molecule has 0 fully saturated rings. The van der Waals surface area contributed by atoms with Crippen molar-refractivity contribution in [2.24, 2.45) is 0 Å². The molecule has 0 aliphatic rings. The summed E-state index contributed by atoms with van der Waals surface area (Å²) in [5.74, 6) is 0. The molecule has 0 saturated carbocycles. The Hall–Kier alpha value is -1.60. The SMILES string of the molecule is Cl.[H+].c1ccc2c(c1)cnc1ccccc12. The van der Waals surface area contributed by atoms with Gasteiger partial charge in [-0.15, -0.1) is 12.4 Å². The fourth-order valence-electron chi connectivity index (χ4n) is 1.81. The second kappa shape index (κ2) is 3.87. The first-order valence-corrected chi connectivity index (χ1v) is 4.68. The first-order chi connectivity index (χ1) is 6.95. The summed E-state index contributed by atoms with van der Waals surface area (Å²) in [6.45, 7) is 0. The van der Waals surface area contributed by atoms with E-state index in [1.54, 1.807) is 0 Å². The summed E-state index contributed by atoms with van der Waals surface area (Å²) in [7, 11) is 0. The highest BCUT2D eigenvalue weighted by Gasteiger charge is 1.98. The number of nitrogens with zero attached hydrogens (tertiary/aromatic N) is 1. The Morgan fingerprint density at radius 1 is 0.800 bits per heavy atom. The Balaban J connectivity index is 0.000000640. The van der Waals surface area contributed by atoms with E-state index < -0.39 is 0 Å². The maximum Gasteiger partial charge on any atom is 1.00 e. The van der Waals surface area contributed by atoms with Gasteiger partial charge in [-0.3, -0.25) is 4.98 Å². The van der Waals surface area contributed by atoms with Crippen LogP contribution in [0.5, 0.6) is 0 Å². The van der Waals surface area contributed by atoms with Gasteiger partial charge in [-0.1, -0.05) is 42.5 Å². The lowest BCUT2D eigenvalue weighted by atomic mass is 10.1. The summed E-state index contributed by atoms with van der Waals surface area (Å²) < 4.78 is 0. The van der Waals surface area contributed by atoms with Crippen molar-refractivity contribution in [3.8, 4) is 0 Å². The molecule has 1 nitrogen and oxygen atoms in total. The van der Waals surface area contributed by atoms with Gasteiger partial charge in [-0.25, -0.2) is 0 Å². The van der Waals surface area contributed by atoms with Gasteiger partial charge in [0.05, 0.1) is 5.52 Å². The lowest BCUT2D eigenvalue weighted by Crippen LogP contribution is -1.80. The third-order valence-corrected chi connectivity index (χ3v) is 2.50. The molecule has 0 aliphatic heterocycles. The van der Waals surface area contributed by atoms with Gasteiger partial charge < -0.3 is 0 Å². The predicted molar refractivity (Wildman–Crippen MR) is 67.6 cm³/mol. The van der Waals surface area contributed by atoms with Gasteiger partial charge in [0.2, 0.25) is 0 Å². The Bertz CT molecular complexity index is 555. The zero-order chi connectivity index (χ0) is 9.38. The van der Waals surface area contributed by atoms with Crippen molar-refractivity contribution in [3.05, 3.63) is 54.7 Å². The van der Waals surface area contributed by atoms with Gasteiger partial charge in [0.25, 0.3) is 0 Å². The first kappa shape index (κ1) is 9.94. The van der Waals surface area contributed by atoms with E-state index in [0.29, 0.717) is 0 Å². The second-order valence-electron chi connectivity index (χ2n) is 3.36. The molecule has 0 amide bonds. The lowest BCUT2D eigenvalue weighted by molar-refractivity contribution is 1.44. The molecule has 15 heavy (non-hydrogen) atoms. The molecule has 1 heterocycles. The standard InChI is InChI=1S/C13H9N.ClH/c1-2-6-11-10(5-1)9-14-13-8-4-3-7-12(11)13;/h1-9H;1H/p+1. The first-order valence-electron chi connectivity index (χ1n) is 4.68. The quantitative estimate of drug-likeness (QED) is 0.519. The summed E-state index contributed by atoms with van der Waals surface area (Å²) in [4.78, 5) is 4.41. The van der Waals surface area contributed by atoms with Crippen LogP contribution in [-0.2, 0) is 0 Å². The Morgan fingerprint density at radius 2 is 1.47 bits per heavy atom. The van der Waals surface area contributed by atoms with Gasteiger partial charge in [-0.05, 0) is 11.5 Å². The Kier molecular flexibility index (Phi) is 2.57. The fourth-order valence-corrected chi connectivity index (χ4v) is 1.81. The van der Waals surface area contributed by atoms with Crippen LogP contribution in [0.15, 0.2) is 54.7 Å². The van der Waals surface area contributed by atoms with Crippen LogP contribution in [0.25, 0.3) is 21.7 Å². The molecule has 2 heteroatoms. The van der Waals surface area contributed by atoms with Crippen molar-refractivity contribution < 1.29 is 1.43 Å². The summed E-state index contributed by atoms with van der Waals surface area (Å²) in [5.41, 5.74) is 1.06. The van der Waals surface area contributed by atoms with Crippen molar-refractivity contribution in [2.75, 3.05) is 0 Å². The molecule has 3 rings (SSSR count). The Morgan fingerprint density at radius 3 is 2.33 bits per heavy atom. The molecule has 1 aromatic heterocycles. The van der Waals surface area contributed by atoms with Crippen molar-refractivity contribution in [1.82, 2.24) is 4.98 Å². The van der Waals surface area contributed by atoms with E-state index in [-0.39, 0.29) is 13.8 Å². The van der Waals surface area contributed by atoms with Crippen LogP contribution in [0.4, 0.5) is 0 Å². The number of pyridine rings is 1. The Labute approximate surface area is 95.7 Å². The van der Waals surface area contributed by atoms with Gasteiger partial charge in [-0.2, -0.15) is 0 Å². The molecule has 0 aliphatic carbocycles. The van der Waals surface area contributed by atoms with E-state index in [0.717, 1.165) is 5.52 Å². The number of hydrogen-bond acceptors (Lipinski definition) is 1. The lowest BCUT2D eigenvalue weighted by Gasteiger charge is -2.01. The highest BCUT2D eigenvalue weighted by atomic mass is 35.5. The van der Waals surface area contributed by atoms with E-state index in [1.807, 2.05) is 24.4 Å². The highest BCUT2D eigenvalue weighted by molar-refractivity contribution is 6.05. The average Bonchev–Trinajstić information content (AvgIpc) is 2.29. The smallest absolute Gasteiger partial charge is 0.256 e. The number of benzene rings is 2. The number of fused-ring (bicyclic) bond motifs is 3. The third kappa shape index (κ3) is 1.55. The second-order valence-corrected chi connectivity index (χ2v) is 3.36. The van der Waals surface area contributed by atoms with Gasteiger partial charge in [0, 0.05) is 17.0 Å². The van der Waals surface area contributed by atoms with E-state index in [9.17, 15) is 0 Å². The van der Waals surface area contributed by atoms with Crippen molar-refractivity contribution in [2.45, 2.75) is 0 Å². The van der Waals surface area contributed by atoms with Crippen molar-refractivity contribution in [3.63, 3.8) is 0 Å². The normalized spacial score (nSPS) is 10.1. The molecule has 0 radical (unpaired) electrons. The van der Waals surface area contributed by atoms with E-state index >= 15 is 0 Å². The largest absolute Gasteiger partial charge is 1.00 e. The summed E-state index contributed by atoms with van der Waals surface area (Å²) in [5, 5.41) is 3.70. The van der Waals surface area contributed by atoms with E-state index in [1.165, 1.54) is 16.2 Å². The van der Waals surface area contributed by atoms with Crippen LogP contribution in [0.2, 0.25) is 0 Å². The molecule has 2 aromatic carbocycles. The zero-order valence-electron chi connectivity index (χ0n) is 9.05. The van der Waals surface area contributed by atoms with Crippen molar-refractivity contribution >= 4 is 34.1 Å². The molecule has 74 valence electrons. The molecular formula is C13H11ClN+. The van der Waals surface area contributed by atoms with E-state index in [2.05, 4.69) is 35.3 Å². The molecule has 0 unspecified atom stereocenters. The minimum atomic E-state index is 0. The summed E-state index contributed by atoms with van der Waals surface area (Å²) >= 11 is 0. The van der Waals surface area contributed by atoms with Gasteiger partial charge >= 0.3 is 1.43 Å². The van der Waals surface area contributed by atoms with Crippen LogP contribution in [0.1, 0.15) is 1.43 Å². The molecule has 0 N–H and O–H groups in total. The van der Waals surface area contributed by atoms with Crippen LogP contribution < -0.4 is 0 Å². The average molecular weight is 217 g/mol. The minimum Gasteiger partial charge on any atom is -0.256 e. The molecular weight excluding hydrogens is 206 g/mol. The fraction of sp³-hybridized carbons (Fsp3) is 0. The van der Waals surface area contributed by atoms with Crippen LogP contribution in [-0.4, -0.2) is 4.98 Å². The topological polar surface area (TPSA) is 12.9 Å². The summed E-state index contributed by atoms with van der Waals surface area (Å²) in [6, 6.07) is 16.6. The number of halogens is 1. The van der Waals surface area contributed by atoms with Crippen LogP contribution in [0.3, 0.4) is 0 Å². The van der Waals surface area contributed by atoms with E-state index in [4.69, 9.17) is 0 Å². The maximum absolute atomic E-state index is 4.41. The maximum atomic E-state index is 4.41. The van der Waals surface area contributed by atoms with Crippen molar-refractivity contribution in [1.29, 1.82) is 0 Å². The molecule has 0 atom stereocenters. The molecule has 3 aromatic rings. The number of hydrogen-bond donors (Lipinski definition) is 0. The number of para-hydroxylation sites is 1. The van der Waals surface area contributed by atoms with Gasteiger partial charge in [0.1, 0.15) is 0 Å². The monoisotopic (exact) mass is 216 g/mol. The zero-order valence-corrected chi connectivity index (χ0v) is 8.87. The van der Waals surface area contributed by atoms with Crippen LogP contribution in [0, 0.1) is 0 Å². The molecule has 0 saturated heterocycles. The third-order valence-electron chi connectivity index (χ3n) is 2.50. The highest BCUT2D eigenvalue weighted by Crippen LogP contribution is 2.22. The minimum absolute atomic E-state index is 0. The number of rotatable bonds is 0. The molecule has 0 bridgehead atoms. The predicted octanol–water partition coefficient (Wildman–Crippen LogP) is 3.92. The number of aromatic nitrogens is 1. The summed E-state index contributed by atoms with van der Waals surface area (Å²) in [6.07, 6.45) is 1.93.